The molecule has 14 heteroatoms. The Morgan fingerprint density at radius 3 is 0.667 bits per heavy atom. The van der Waals surface area contributed by atoms with Crippen molar-refractivity contribution in [1.29, 1.82) is 0 Å². The molecule has 0 amide bonds. The van der Waals surface area contributed by atoms with Crippen molar-refractivity contribution < 1.29 is 28.7 Å². The molecular formula is C7H30N6O6P2. The average Bonchev–Trinajstić information content (AvgIpc) is 2.35. The molecule has 16 N–H and O–H groups in total. The summed E-state index contributed by atoms with van der Waals surface area (Å²) in [6.45, 7) is 3.58. The Hall–Kier alpha value is 0.0600. The topological polar surface area (TPSA) is 271 Å². The molecule has 0 aliphatic heterocycles. The fourth-order valence-corrected chi connectivity index (χ4v) is 2.16. The second-order valence-corrected chi connectivity index (χ2v) is 6.99. The minimum atomic E-state index is -4.55. The van der Waals surface area contributed by atoms with Crippen molar-refractivity contribution in [3.8, 4) is 0 Å². The van der Waals surface area contributed by atoms with Gasteiger partial charge in [-0.05, 0) is 0 Å². The van der Waals surface area contributed by atoms with E-state index in [2.05, 4.69) is 0 Å². The Labute approximate surface area is 124 Å². The molecule has 134 valence electrons. The number of nitrogens with two attached hydrogens (primary N) is 6. The van der Waals surface area contributed by atoms with Gasteiger partial charge >= 0.3 is 15.2 Å². The van der Waals surface area contributed by atoms with Gasteiger partial charge in [-0.3, -0.25) is 9.13 Å². The Balaban J connectivity index is -0.000000102. The van der Waals surface area contributed by atoms with Crippen molar-refractivity contribution in [3.63, 3.8) is 0 Å². The molecule has 0 aromatic heterocycles. The van der Waals surface area contributed by atoms with E-state index in [1.54, 1.807) is 0 Å². The van der Waals surface area contributed by atoms with Crippen LogP contribution in [0.1, 0.15) is 0 Å². The quantitative estimate of drug-likeness (QED) is 0.211. The lowest BCUT2D eigenvalue weighted by atomic mass is 10.7. The van der Waals surface area contributed by atoms with Gasteiger partial charge in [0, 0.05) is 39.3 Å². The fourth-order valence-electron chi connectivity index (χ4n) is 0.240. The van der Waals surface area contributed by atoms with E-state index in [4.69, 9.17) is 54.0 Å². The van der Waals surface area contributed by atoms with Crippen LogP contribution in [0.2, 0.25) is 0 Å². The molecule has 0 unspecified atom stereocenters. The predicted octanol–water partition coefficient (Wildman–Crippen LogP) is -3.99. The lowest BCUT2D eigenvalue weighted by molar-refractivity contribution is 0.357. The van der Waals surface area contributed by atoms with Crippen molar-refractivity contribution in [2.45, 2.75) is 0 Å². The van der Waals surface area contributed by atoms with Crippen LogP contribution >= 0.6 is 15.2 Å². The molecule has 0 aromatic rings. The maximum Gasteiger partial charge on any atom is 0.337 e. The standard InChI is InChI=1S/3C2H8N2.CH6O6P2/c3*3-1-2-4;2-8(3,4)1-9(5,6)7/h3*1-4H2;1H2,(H2,2,3,4)(H2,5,6,7). The molecule has 12 nitrogen and oxygen atoms in total. The van der Waals surface area contributed by atoms with Gasteiger partial charge in [0.15, 0.2) is 5.90 Å². The van der Waals surface area contributed by atoms with Gasteiger partial charge in [0.1, 0.15) is 0 Å². The summed E-state index contributed by atoms with van der Waals surface area (Å²) in [5.74, 6) is -1.38. The van der Waals surface area contributed by atoms with E-state index >= 15 is 0 Å². The first-order chi connectivity index (χ1) is 9.45. The van der Waals surface area contributed by atoms with E-state index in [1.807, 2.05) is 0 Å². The Morgan fingerprint density at radius 1 is 0.524 bits per heavy atom. The van der Waals surface area contributed by atoms with Crippen LogP contribution in [0.5, 0.6) is 0 Å². The van der Waals surface area contributed by atoms with Gasteiger partial charge in [0.05, 0.1) is 0 Å². The SMILES string of the molecule is NCCN.NCCN.NCCN.O=P(O)(O)CP(=O)(O)O. The van der Waals surface area contributed by atoms with Crippen LogP contribution in [0.15, 0.2) is 0 Å². The van der Waals surface area contributed by atoms with Gasteiger partial charge in [-0.2, -0.15) is 0 Å². The van der Waals surface area contributed by atoms with Gasteiger partial charge in [-0.25, -0.2) is 0 Å². The summed E-state index contributed by atoms with van der Waals surface area (Å²) >= 11 is 0. The zero-order valence-electron chi connectivity index (χ0n) is 11.9. The Kier molecular flexibility index (Phi) is 27.8. The highest BCUT2D eigenvalue weighted by molar-refractivity contribution is 7.69. The monoisotopic (exact) mass is 356 g/mol. The summed E-state index contributed by atoms with van der Waals surface area (Å²) in [6.07, 6.45) is 0. The van der Waals surface area contributed by atoms with Crippen molar-refractivity contribution in [3.05, 3.63) is 0 Å². The molecule has 0 radical (unpaired) electrons. The second-order valence-electron chi connectivity index (χ2n) is 3.20. The molecule has 0 rings (SSSR count). The van der Waals surface area contributed by atoms with Crippen LogP contribution in [0.25, 0.3) is 0 Å². The summed E-state index contributed by atoms with van der Waals surface area (Å²) < 4.78 is 19.7. The molecule has 21 heavy (non-hydrogen) atoms. The highest BCUT2D eigenvalue weighted by Crippen LogP contribution is 2.51. The molecule has 0 aromatic carbocycles. The minimum Gasteiger partial charge on any atom is -0.329 e. The molecule has 0 fully saturated rings. The average molecular weight is 356 g/mol. The molecule has 0 bridgehead atoms. The Bertz CT molecular complexity index is 237. The molecule has 0 aliphatic rings. The predicted molar refractivity (Wildman–Crippen MR) is 83.3 cm³/mol. The molecule has 0 aliphatic carbocycles. The smallest absolute Gasteiger partial charge is 0.329 e. The summed E-state index contributed by atoms with van der Waals surface area (Å²) in [4.78, 5) is 31.9. The molecular weight excluding hydrogens is 326 g/mol. The highest BCUT2D eigenvalue weighted by atomic mass is 31.2. The van der Waals surface area contributed by atoms with Crippen LogP contribution < -0.4 is 34.4 Å². The van der Waals surface area contributed by atoms with Crippen molar-refractivity contribution in [2.75, 3.05) is 45.2 Å². The number of rotatable bonds is 5. The van der Waals surface area contributed by atoms with Crippen LogP contribution in [-0.4, -0.2) is 64.7 Å². The third-order valence-electron chi connectivity index (χ3n) is 0.868. The summed E-state index contributed by atoms with van der Waals surface area (Å²) in [7, 11) is -9.10. The van der Waals surface area contributed by atoms with Crippen LogP contribution in [-0.2, 0) is 9.13 Å². The summed E-state index contributed by atoms with van der Waals surface area (Å²) in [5.41, 5.74) is 29.4. The van der Waals surface area contributed by atoms with Gasteiger partial charge in [0.25, 0.3) is 0 Å². The van der Waals surface area contributed by atoms with Gasteiger partial charge in [0.2, 0.25) is 0 Å². The van der Waals surface area contributed by atoms with Crippen molar-refractivity contribution in [2.24, 2.45) is 34.4 Å². The van der Waals surface area contributed by atoms with E-state index in [-0.39, 0.29) is 0 Å². The van der Waals surface area contributed by atoms with E-state index in [0.29, 0.717) is 39.3 Å². The van der Waals surface area contributed by atoms with E-state index < -0.39 is 21.1 Å². The Morgan fingerprint density at radius 2 is 0.667 bits per heavy atom. The normalized spacial score (nSPS) is 10.2. The van der Waals surface area contributed by atoms with Gasteiger partial charge in [-0.1, -0.05) is 0 Å². The second kappa shape index (κ2) is 20.1. The third kappa shape index (κ3) is 79.7. The van der Waals surface area contributed by atoms with Crippen LogP contribution in [0.4, 0.5) is 0 Å². The largest absolute Gasteiger partial charge is 0.337 e. The molecule has 0 heterocycles. The van der Waals surface area contributed by atoms with Crippen LogP contribution in [0, 0.1) is 0 Å². The maximum absolute atomic E-state index is 9.85. The van der Waals surface area contributed by atoms with Crippen molar-refractivity contribution in [1.82, 2.24) is 0 Å². The first-order valence-electron chi connectivity index (χ1n) is 5.75. The first-order valence-corrected chi connectivity index (χ1v) is 9.34. The minimum absolute atomic E-state index is 0.597. The zero-order valence-corrected chi connectivity index (χ0v) is 13.7. The summed E-state index contributed by atoms with van der Waals surface area (Å²) in [5, 5.41) is 0. The van der Waals surface area contributed by atoms with E-state index in [0.717, 1.165) is 0 Å². The number of hydrogen-bond acceptors (Lipinski definition) is 8. The van der Waals surface area contributed by atoms with Gasteiger partial charge < -0.3 is 54.0 Å². The lowest BCUT2D eigenvalue weighted by Gasteiger charge is -2.03. The fraction of sp³-hybridized carbons (Fsp3) is 1.00. The number of hydrogen-bond donors (Lipinski definition) is 10. The van der Waals surface area contributed by atoms with Gasteiger partial charge in [-0.15, -0.1) is 0 Å². The van der Waals surface area contributed by atoms with Crippen LogP contribution in [0.3, 0.4) is 0 Å². The highest BCUT2D eigenvalue weighted by Gasteiger charge is 2.26. The molecule has 0 saturated heterocycles. The van der Waals surface area contributed by atoms with Crippen molar-refractivity contribution >= 4 is 15.2 Å². The summed E-state index contributed by atoms with van der Waals surface area (Å²) in [6, 6.07) is 0. The first kappa shape index (κ1) is 29.1. The molecule has 0 atom stereocenters. The maximum atomic E-state index is 9.85. The van der Waals surface area contributed by atoms with E-state index in [9.17, 15) is 9.13 Å². The zero-order chi connectivity index (χ0) is 17.9. The third-order valence-corrected chi connectivity index (χ3v) is 3.82. The lowest BCUT2D eigenvalue weighted by Crippen LogP contribution is -2.11. The van der Waals surface area contributed by atoms with E-state index in [1.165, 1.54) is 0 Å². The molecule has 0 spiro atoms. The molecule has 0 saturated carbocycles.